The lowest BCUT2D eigenvalue weighted by atomic mass is 10.1. The second-order valence-corrected chi connectivity index (χ2v) is 7.22. The van der Waals surface area contributed by atoms with Crippen LogP contribution < -0.4 is 5.32 Å². The molecule has 1 aromatic heterocycles. The van der Waals surface area contributed by atoms with E-state index >= 15 is 0 Å². The van der Waals surface area contributed by atoms with Crippen LogP contribution in [0.1, 0.15) is 34.1 Å². The standard InChI is InChI=1S/C20H19N3O3S/c1-3-6-17-18(14-11-9-13(2)10-12-14)21-20(27-17)22-19(24)15-7-4-5-8-16(15)23(25)26/h4-5,7-12H,3,6H2,1-2H3,(H,21,22,24). The van der Waals surface area contributed by atoms with Crippen molar-refractivity contribution in [1.82, 2.24) is 4.98 Å². The summed E-state index contributed by atoms with van der Waals surface area (Å²) in [5, 5.41) is 14.3. The van der Waals surface area contributed by atoms with Gasteiger partial charge >= 0.3 is 0 Å². The highest BCUT2D eigenvalue weighted by Crippen LogP contribution is 2.33. The van der Waals surface area contributed by atoms with Crippen molar-refractivity contribution in [1.29, 1.82) is 0 Å². The molecule has 3 rings (SSSR count). The fourth-order valence-electron chi connectivity index (χ4n) is 2.73. The lowest BCUT2D eigenvalue weighted by molar-refractivity contribution is -0.385. The van der Waals surface area contributed by atoms with Gasteiger partial charge in [-0.3, -0.25) is 20.2 Å². The van der Waals surface area contributed by atoms with E-state index in [0.717, 1.165) is 34.5 Å². The Balaban J connectivity index is 1.92. The Morgan fingerprint density at radius 3 is 2.56 bits per heavy atom. The molecule has 7 heteroatoms. The summed E-state index contributed by atoms with van der Waals surface area (Å²) in [5.41, 5.74) is 2.80. The highest BCUT2D eigenvalue weighted by molar-refractivity contribution is 7.16. The summed E-state index contributed by atoms with van der Waals surface area (Å²) in [6, 6.07) is 14.0. The number of hydrogen-bond acceptors (Lipinski definition) is 5. The average Bonchev–Trinajstić information content (AvgIpc) is 3.05. The van der Waals surface area contributed by atoms with Crippen molar-refractivity contribution in [2.24, 2.45) is 0 Å². The normalized spacial score (nSPS) is 10.6. The van der Waals surface area contributed by atoms with Crippen LogP contribution in [0.5, 0.6) is 0 Å². The Kier molecular flexibility index (Phi) is 5.61. The minimum atomic E-state index is -0.559. The predicted molar refractivity (Wildman–Crippen MR) is 107 cm³/mol. The van der Waals surface area contributed by atoms with Gasteiger partial charge in [0.25, 0.3) is 11.6 Å². The topological polar surface area (TPSA) is 85.1 Å². The van der Waals surface area contributed by atoms with Crippen LogP contribution in [0.3, 0.4) is 0 Å². The lowest BCUT2D eigenvalue weighted by Gasteiger charge is -2.02. The summed E-state index contributed by atoms with van der Waals surface area (Å²) >= 11 is 1.41. The molecule has 0 fully saturated rings. The SMILES string of the molecule is CCCc1sc(NC(=O)c2ccccc2[N+](=O)[O-])nc1-c1ccc(C)cc1. The minimum absolute atomic E-state index is 0.0200. The number of aryl methyl sites for hydroxylation is 2. The Labute approximate surface area is 161 Å². The molecule has 0 aliphatic heterocycles. The van der Waals surface area contributed by atoms with E-state index in [-0.39, 0.29) is 11.3 Å². The Morgan fingerprint density at radius 2 is 1.89 bits per heavy atom. The molecule has 3 aromatic rings. The highest BCUT2D eigenvalue weighted by Gasteiger charge is 2.21. The molecule has 27 heavy (non-hydrogen) atoms. The first kappa shape index (κ1) is 18.7. The third-order valence-corrected chi connectivity index (χ3v) is 5.10. The quantitative estimate of drug-likeness (QED) is 0.468. The summed E-state index contributed by atoms with van der Waals surface area (Å²) in [4.78, 5) is 28.8. The maximum absolute atomic E-state index is 12.6. The van der Waals surface area contributed by atoms with E-state index in [2.05, 4.69) is 17.2 Å². The number of benzene rings is 2. The van der Waals surface area contributed by atoms with Gasteiger partial charge in [-0.25, -0.2) is 4.98 Å². The molecule has 138 valence electrons. The molecule has 0 radical (unpaired) electrons. The molecule has 0 unspecified atom stereocenters. The van der Waals surface area contributed by atoms with Gasteiger partial charge in [-0.1, -0.05) is 55.3 Å². The third-order valence-electron chi connectivity index (χ3n) is 4.07. The van der Waals surface area contributed by atoms with E-state index in [9.17, 15) is 14.9 Å². The van der Waals surface area contributed by atoms with Gasteiger partial charge in [-0.2, -0.15) is 0 Å². The van der Waals surface area contributed by atoms with Crippen molar-refractivity contribution in [2.75, 3.05) is 5.32 Å². The Hall–Kier alpha value is -3.06. The van der Waals surface area contributed by atoms with Gasteiger partial charge in [-0.05, 0) is 19.4 Å². The molecular weight excluding hydrogens is 362 g/mol. The van der Waals surface area contributed by atoms with Crippen molar-refractivity contribution in [3.8, 4) is 11.3 Å². The second kappa shape index (κ2) is 8.09. The molecule has 0 aliphatic carbocycles. The molecule has 0 atom stereocenters. The van der Waals surface area contributed by atoms with Gasteiger partial charge in [0, 0.05) is 16.5 Å². The summed E-state index contributed by atoms with van der Waals surface area (Å²) in [7, 11) is 0. The first-order chi connectivity index (χ1) is 13.0. The molecule has 1 heterocycles. The molecule has 0 bridgehead atoms. The van der Waals surface area contributed by atoms with Gasteiger partial charge in [0.1, 0.15) is 5.56 Å². The minimum Gasteiger partial charge on any atom is -0.298 e. The van der Waals surface area contributed by atoms with E-state index in [4.69, 9.17) is 0 Å². The number of nitro benzene ring substituents is 1. The van der Waals surface area contributed by atoms with Gasteiger partial charge in [0.05, 0.1) is 10.6 Å². The molecular formula is C20H19N3O3S. The highest BCUT2D eigenvalue weighted by atomic mass is 32.1. The van der Waals surface area contributed by atoms with Crippen LogP contribution >= 0.6 is 11.3 Å². The third kappa shape index (κ3) is 4.20. The maximum atomic E-state index is 12.6. The predicted octanol–water partition coefficient (Wildman–Crippen LogP) is 5.23. The van der Waals surface area contributed by atoms with Crippen LogP contribution in [0.15, 0.2) is 48.5 Å². The van der Waals surface area contributed by atoms with Crippen molar-refractivity contribution < 1.29 is 9.72 Å². The molecule has 6 nitrogen and oxygen atoms in total. The lowest BCUT2D eigenvalue weighted by Crippen LogP contribution is -2.13. The van der Waals surface area contributed by atoms with Crippen LogP contribution in [0.4, 0.5) is 10.8 Å². The van der Waals surface area contributed by atoms with Crippen LogP contribution in [0.25, 0.3) is 11.3 Å². The number of aromatic nitrogens is 1. The fraction of sp³-hybridized carbons (Fsp3) is 0.200. The summed E-state index contributed by atoms with van der Waals surface area (Å²) in [6.45, 7) is 4.11. The monoisotopic (exact) mass is 381 g/mol. The number of nitrogens with one attached hydrogen (secondary N) is 1. The van der Waals surface area contributed by atoms with Gasteiger partial charge < -0.3 is 0 Å². The molecule has 1 N–H and O–H groups in total. The number of nitro groups is 1. The number of amides is 1. The van der Waals surface area contributed by atoms with Crippen LogP contribution in [0, 0.1) is 17.0 Å². The van der Waals surface area contributed by atoms with Gasteiger partial charge in [0.2, 0.25) is 0 Å². The zero-order valence-electron chi connectivity index (χ0n) is 15.1. The smallest absolute Gasteiger partial charge is 0.282 e. The van der Waals surface area contributed by atoms with Crippen molar-refractivity contribution in [3.63, 3.8) is 0 Å². The van der Waals surface area contributed by atoms with Crippen LogP contribution in [-0.4, -0.2) is 15.8 Å². The second-order valence-electron chi connectivity index (χ2n) is 6.14. The maximum Gasteiger partial charge on any atom is 0.282 e. The summed E-state index contributed by atoms with van der Waals surface area (Å²) in [6.07, 6.45) is 1.81. The average molecular weight is 381 g/mol. The number of carbonyl (C=O) groups excluding carboxylic acids is 1. The number of para-hydroxylation sites is 1. The number of anilines is 1. The molecule has 1 amide bonds. The van der Waals surface area contributed by atoms with Crippen molar-refractivity contribution in [3.05, 3.63) is 74.6 Å². The van der Waals surface area contributed by atoms with E-state index < -0.39 is 10.8 Å². The first-order valence-electron chi connectivity index (χ1n) is 8.61. The number of rotatable bonds is 6. The largest absolute Gasteiger partial charge is 0.298 e. The molecule has 0 spiro atoms. The van der Waals surface area contributed by atoms with E-state index in [1.165, 1.54) is 29.5 Å². The number of nitrogens with zero attached hydrogens (tertiary/aromatic N) is 2. The molecule has 0 saturated carbocycles. The number of carbonyl (C=O) groups is 1. The summed E-state index contributed by atoms with van der Waals surface area (Å²) < 4.78 is 0. The first-order valence-corrected chi connectivity index (χ1v) is 9.42. The number of hydrogen-bond donors (Lipinski definition) is 1. The van der Waals surface area contributed by atoms with Crippen molar-refractivity contribution in [2.45, 2.75) is 26.7 Å². The van der Waals surface area contributed by atoms with Crippen LogP contribution in [0.2, 0.25) is 0 Å². The van der Waals surface area contributed by atoms with Gasteiger partial charge in [-0.15, -0.1) is 11.3 Å². The van der Waals surface area contributed by atoms with E-state index in [1.807, 2.05) is 31.2 Å². The molecule has 2 aromatic carbocycles. The number of thiazole rings is 1. The summed E-state index contributed by atoms with van der Waals surface area (Å²) in [5.74, 6) is -0.533. The Bertz CT molecular complexity index is 980. The van der Waals surface area contributed by atoms with E-state index in [1.54, 1.807) is 6.07 Å². The van der Waals surface area contributed by atoms with Crippen molar-refractivity contribution >= 4 is 28.1 Å². The zero-order valence-corrected chi connectivity index (χ0v) is 15.9. The van der Waals surface area contributed by atoms with Crippen LogP contribution in [-0.2, 0) is 6.42 Å². The zero-order chi connectivity index (χ0) is 19.4. The molecule has 0 saturated heterocycles. The fourth-order valence-corrected chi connectivity index (χ4v) is 3.81. The van der Waals surface area contributed by atoms with Gasteiger partial charge in [0.15, 0.2) is 5.13 Å². The molecule has 0 aliphatic rings. The Morgan fingerprint density at radius 1 is 1.19 bits per heavy atom. The van der Waals surface area contributed by atoms with E-state index in [0.29, 0.717) is 5.13 Å².